The lowest BCUT2D eigenvalue weighted by Crippen LogP contribution is -1.95. The first-order valence-electron chi connectivity index (χ1n) is 12.2. The van der Waals surface area contributed by atoms with Crippen LogP contribution in [0.4, 0.5) is 0 Å². The van der Waals surface area contributed by atoms with Crippen LogP contribution in [0.15, 0.2) is 48.5 Å². The average molecular weight is 411 g/mol. The van der Waals surface area contributed by atoms with Crippen LogP contribution in [0.3, 0.4) is 0 Å². The lowest BCUT2D eigenvalue weighted by Gasteiger charge is -2.14. The zero-order valence-electron chi connectivity index (χ0n) is 18.8. The number of aryl methyl sites for hydroxylation is 2. The monoisotopic (exact) mass is 410 g/mol. The Morgan fingerprint density at radius 2 is 0.733 bits per heavy atom. The minimum absolute atomic E-state index is 0.330. The molecule has 0 aliphatic heterocycles. The molecule has 2 rings (SSSR count). The van der Waals surface area contributed by atoms with Crippen molar-refractivity contribution in [1.29, 1.82) is 0 Å². The maximum atomic E-state index is 8.88. The molecule has 0 fully saturated rings. The molecule has 0 spiro atoms. The molecule has 0 aliphatic rings. The van der Waals surface area contributed by atoms with Crippen molar-refractivity contribution in [3.8, 4) is 11.1 Å². The minimum Gasteiger partial charge on any atom is -0.396 e. The van der Waals surface area contributed by atoms with Gasteiger partial charge >= 0.3 is 0 Å². The standard InChI is InChI=1S/C28H42O2/c29-23-15-7-3-1-5-9-17-25-19-11-13-21-27(25)28-22-14-12-20-26(28)18-10-6-2-4-8-16-24-30/h11-14,19-22,29-30H,1-10,15-18,23-24H2. The van der Waals surface area contributed by atoms with Crippen LogP contribution in [0.1, 0.15) is 88.2 Å². The van der Waals surface area contributed by atoms with Gasteiger partial charge in [0.05, 0.1) is 0 Å². The quantitative estimate of drug-likeness (QED) is 0.273. The Morgan fingerprint density at radius 3 is 1.13 bits per heavy atom. The summed E-state index contributed by atoms with van der Waals surface area (Å²) in [5, 5.41) is 17.8. The summed E-state index contributed by atoms with van der Waals surface area (Å²) >= 11 is 0. The van der Waals surface area contributed by atoms with E-state index in [4.69, 9.17) is 10.2 Å². The van der Waals surface area contributed by atoms with Crippen LogP contribution in [0.5, 0.6) is 0 Å². The summed E-state index contributed by atoms with van der Waals surface area (Å²) in [6.45, 7) is 0.660. The third kappa shape index (κ3) is 9.45. The zero-order valence-corrected chi connectivity index (χ0v) is 18.8. The highest BCUT2D eigenvalue weighted by molar-refractivity contribution is 5.70. The van der Waals surface area contributed by atoms with Crippen molar-refractivity contribution in [3.05, 3.63) is 59.7 Å². The number of benzene rings is 2. The summed E-state index contributed by atoms with van der Waals surface area (Å²) in [6.07, 6.45) is 16.6. The predicted octanol–water partition coefficient (Wildman–Crippen LogP) is 7.10. The average Bonchev–Trinajstić information content (AvgIpc) is 2.78. The molecular formula is C28H42O2. The maximum absolute atomic E-state index is 8.88. The maximum Gasteiger partial charge on any atom is 0.0431 e. The summed E-state index contributed by atoms with van der Waals surface area (Å²) < 4.78 is 0. The lowest BCUT2D eigenvalue weighted by molar-refractivity contribution is 0.282. The Labute approximate surface area is 184 Å². The molecule has 2 nitrogen and oxygen atoms in total. The van der Waals surface area contributed by atoms with E-state index in [9.17, 15) is 0 Å². The van der Waals surface area contributed by atoms with Crippen LogP contribution in [0.2, 0.25) is 0 Å². The van der Waals surface area contributed by atoms with Gasteiger partial charge in [-0.05, 0) is 60.8 Å². The lowest BCUT2D eigenvalue weighted by atomic mass is 9.91. The molecule has 0 bridgehead atoms. The second-order valence-corrected chi connectivity index (χ2v) is 8.50. The number of aliphatic hydroxyl groups is 2. The Bertz CT molecular complexity index is 620. The summed E-state index contributed by atoms with van der Waals surface area (Å²) in [5.41, 5.74) is 5.78. The molecule has 2 aromatic carbocycles. The van der Waals surface area contributed by atoms with Gasteiger partial charge < -0.3 is 10.2 Å². The Kier molecular flexibility index (Phi) is 13.2. The van der Waals surface area contributed by atoms with Gasteiger partial charge in [0.1, 0.15) is 0 Å². The normalized spacial score (nSPS) is 11.1. The van der Waals surface area contributed by atoms with E-state index in [0.717, 1.165) is 38.5 Å². The van der Waals surface area contributed by atoms with Crippen molar-refractivity contribution >= 4 is 0 Å². The van der Waals surface area contributed by atoms with Crippen LogP contribution in [-0.4, -0.2) is 23.4 Å². The van der Waals surface area contributed by atoms with Gasteiger partial charge in [0.2, 0.25) is 0 Å². The second-order valence-electron chi connectivity index (χ2n) is 8.50. The molecule has 2 aromatic rings. The molecule has 0 saturated carbocycles. The van der Waals surface area contributed by atoms with Crippen molar-refractivity contribution in [1.82, 2.24) is 0 Å². The highest BCUT2D eigenvalue weighted by Crippen LogP contribution is 2.29. The molecule has 0 amide bonds. The van der Waals surface area contributed by atoms with E-state index in [1.165, 1.54) is 73.6 Å². The number of hydrogen-bond acceptors (Lipinski definition) is 2. The molecule has 2 N–H and O–H groups in total. The molecule has 0 heterocycles. The number of rotatable bonds is 17. The Morgan fingerprint density at radius 1 is 0.400 bits per heavy atom. The molecule has 0 atom stereocenters. The summed E-state index contributed by atoms with van der Waals surface area (Å²) in [5.74, 6) is 0. The van der Waals surface area contributed by atoms with Crippen molar-refractivity contribution in [2.45, 2.75) is 89.9 Å². The van der Waals surface area contributed by atoms with Gasteiger partial charge in [-0.15, -0.1) is 0 Å². The Balaban J connectivity index is 1.87. The van der Waals surface area contributed by atoms with Gasteiger partial charge in [-0.2, -0.15) is 0 Å². The minimum atomic E-state index is 0.330. The van der Waals surface area contributed by atoms with E-state index in [2.05, 4.69) is 48.5 Å². The molecule has 0 saturated heterocycles. The van der Waals surface area contributed by atoms with Gasteiger partial charge in [-0.3, -0.25) is 0 Å². The molecule has 0 unspecified atom stereocenters. The van der Waals surface area contributed by atoms with Gasteiger partial charge in [0.25, 0.3) is 0 Å². The third-order valence-electron chi connectivity index (χ3n) is 6.03. The van der Waals surface area contributed by atoms with Crippen molar-refractivity contribution < 1.29 is 10.2 Å². The molecule has 2 heteroatoms. The van der Waals surface area contributed by atoms with E-state index >= 15 is 0 Å². The predicted molar refractivity (Wildman–Crippen MR) is 129 cm³/mol. The van der Waals surface area contributed by atoms with Gasteiger partial charge in [-0.1, -0.05) is 99.9 Å². The van der Waals surface area contributed by atoms with E-state index in [1.807, 2.05) is 0 Å². The summed E-state index contributed by atoms with van der Waals surface area (Å²) in [6, 6.07) is 17.9. The number of hydrogen-bond donors (Lipinski definition) is 2. The topological polar surface area (TPSA) is 40.5 Å². The van der Waals surface area contributed by atoms with Gasteiger partial charge in [-0.25, -0.2) is 0 Å². The van der Waals surface area contributed by atoms with Crippen LogP contribution in [-0.2, 0) is 12.8 Å². The molecular weight excluding hydrogens is 368 g/mol. The first-order chi connectivity index (χ1) is 14.9. The van der Waals surface area contributed by atoms with Crippen LogP contribution in [0, 0.1) is 0 Å². The fraction of sp³-hybridized carbons (Fsp3) is 0.571. The summed E-state index contributed by atoms with van der Waals surface area (Å²) in [4.78, 5) is 0. The van der Waals surface area contributed by atoms with E-state index < -0.39 is 0 Å². The fourth-order valence-corrected chi connectivity index (χ4v) is 4.27. The molecule has 0 aromatic heterocycles. The molecule has 30 heavy (non-hydrogen) atoms. The van der Waals surface area contributed by atoms with Gasteiger partial charge in [0.15, 0.2) is 0 Å². The van der Waals surface area contributed by atoms with Crippen molar-refractivity contribution in [2.24, 2.45) is 0 Å². The molecule has 0 aliphatic carbocycles. The SMILES string of the molecule is OCCCCCCCCc1ccccc1-c1ccccc1CCCCCCCCO. The first-order valence-corrected chi connectivity index (χ1v) is 12.2. The van der Waals surface area contributed by atoms with Crippen LogP contribution in [0.25, 0.3) is 11.1 Å². The summed E-state index contributed by atoms with van der Waals surface area (Å²) in [7, 11) is 0. The van der Waals surface area contributed by atoms with E-state index in [1.54, 1.807) is 0 Å². The van der Waals surface area contributed by atoms with E-state index in [0.29, 0.717) is 13.2 Å². The highest BCUT2D eigenvalue weighted by atomic mass is 16.3. The largest absolute Gasteiger partial charge is 0.396 e. The second kappa shape index (κ2) is 16.1. The van der Waals surface area contributed by atoms with Crippen molar-refractivity contribution in [3.63, 3.8) is 0 Å². The Hall–Kier alpha value is -1.64. The first kappa shape index (κ1) is 24.6. The van der Waals surface area contributed by atoms with Crippen LogP contribution < -0.4 is 0 Å². The smallest absolute Gasteiger partial charge is 0.0431 e. The van der Waals surface area contributed by atoms with E-state index in [-0.39, 0.29) is 0 Å². The molecule has 166 valence electrons. The highest BCUT2D eigenvalue weighted by Gasteiger charge is 2.09. The third-order valence-corrected chi connectivity index (χ3v) is 6.03. The van der Waals surface area contributed by atoms with Crippen LogP contribution >= 0.6 is 0 Å². The molecule has 0 radical (unpaired) electrons. The number of unbranched alkanes of at least 4 members (excludes halogenated alkanes) is 10. The van der Waals surface area contributed by atoms with Crippen molar-refractivity contribution in [2.75, 3.05) is 13.2 Å². The fourth-order valence-electron chi connectivity index (χ4n) is 4.27. The number of aliphatic hydroxyl groups excluding tert-OH is 2. The van der Waals surface area contributed by atoms with Gasteiger partial charge in [0, 0.05) is 13.2 Å². The zero-order chi connectivity index (χ0) is 21.3.